The minimum atomic E-state index is -0.317. The van der Waals surface area contributed by atoms with E-state index in [9.17, 15) is 9.59 Å². The van der Waals surface area contributed by atoms with Gasteiger partial charge in [-0.2, -0.15) is 0 Å². The van der Waals surface area contributed by atoms with Crippen molar-refractivity contribution in [1.82, 2.24) is 5.32 Å². The molecule has 1 aliphatic heterocycles. The highest BCUT2D eigenvalue weighted by atomic mass is 32.2. The van der Waals surface area contributed by atoms with Crippen molar-refractivity contribution in [1.29, 1.82) is 0 Å². The first-order chi connectivity index (χ1) is 9.63. The minimum absolute atomic E-state index is 0.312. The van der Waals surface area contributed by atoms with E-state index in [2.05, 4.69) is 11.9 Å². The first-order valence-electron chi connectivity index (χ1n) is 6.24. The molecule has 2 amide bonds. The van der Waals surface area contributed by atoms with Gasteiger partial charge in [-0.05, 0) is 47.9 Å². The lowest BCUT2D eigenvalue weighted by Crippen LogP contribution is -2.17. The standard InChI is InChI=1S/C16H15NO2S/c1-3-5-6-12(4-2)13-8-7-11(9-13)10-14-15(18)17-16(19)20-14/h3-8,10H,2,9H2,1H3,(H,17,18,19)/b5-3-,12-6+,14-10-. The second-order valence-electron chi connectivity index (χ2n) is 4.31. The number of hydrogen-bond donors (Lipinski definition) is 1. The molecule has 1 saturated heterocycles. The van der Waals surface area contributed by atoms with E-state index in [4.69, 9.17) is 0 Å². The summed E-state index contributed by atoms with van der Waals surface area (Å²) in [5, 5.41) is 1.94. The highest BCUT2D eigenvalue weighted by Gasteiger charge is 2.25. The van der Waals surface area contributed by atoms with Gasteiger partial charge in [0.05, 0.1) is 4.91 Å². The maximum Gasteiger partial charge on any atom is 0.290 e. The molecule has 4 heteroatoms. The van der Waals surface area contributed by atoms with Crippen LogP contribution in [0.25, 0.3) is 0 Å². The normalized spacial score (nSPS) is 21.4. The molecule has 0 atom stereocenters. The van der Waals surface area contributed by atoms with E-state index >= 15 is 0 Å². The Morgan fingerprint density at radius 1 is 1.40 bits per heavy atom. The average Bonchev–Trinajstić information content (AvgIpc) is 2.99. The van der Waals surface area contributed by atoms with Gasteiger partial charge in [0, 0.05) is 0 Å². The summed E-state index contributed by atoms with van der Waals surface area (Å²) in [6.07, 6.45) is 14.2. The highest BCUT2D eigenvalue weighted by molar-refractivity contribution is 8.18. The van der Waals surface area contributed by atoms with E-state index in [0.29, 0.717) is 4.91 Å². The van der Waals surface area contributed by atoms with Crippen LogP contribution in [0.2, 0.25) is 0 Å². The van der Waals surface area contributed by atoms with Crippen LogP contribution in [-0.4, -0.2) is 11.1 Å². The fourth-order valence-corrected chi connectivity index (χ4v) is 2.64. The Balaban J connectivity index is 2.08. The van der Waals surface area contributed by atoms with Crippen molar-refractivity contribution in [3.05, 3.63) is 70.7 Å². The van der Waals surface area contributed by atoms with Gasteiger partial charge in [0.2, 0.25) is 0 Å². The molecule has 1 aliphatic carbocycles. The molecule has 0 aromatic rings. The fourth-order valence-electron chi connectivity index (χ4n) is 1.94. The maximum absolute atomic E-state index is 11.5. The number of imide groups is 1. The Bertz CT molecular complexity index is 618. The van der Waals surface area contributed by atoms with E-state index < -0.39 is 0 Å². The third kappa shape index (κ3) is 3.27. The molecule has 0 aromatic carbocycles. The van der Waals surface area contributed by atoms with Gasteiger partial charge in [0.1, 0.15) is 0 Å². The number of carbonyl (C=O) groups is 2. The summed E-state index contributed by atoms with van der Waals surface area (Å²) in [5.41, 5.74) is 3.23. The number of rotatable bonds is 4. The number of nitrogens with one attached hydrogen (secondary N) is 1. The van der Waals surface area contributed by atoms with Gasteiger partial charge in [-0.3, -0.25) is 14.9 Å². The van der Waals surface area contributed by atoms with Gasteiger partial charge >= 0.3 is 0 Å². The van der Waals surface area contributed by atoms with Gasteiger partial charge < -0.3 is 0 Å². The van der Waals surface area contributed by atoms with E-state index in [1.165, 1.54) is 0 Å². The molecule has 0 aromatic heterocycles. The summed E-state index contributed by atoms with van der Waals surface area (Å²) in [5.74, 6) is -0.317. The van der Waals surface area contributed by atoms with Crippen LogP contribution in [-0.2, 0) is 4.79 Å². The van der Waals surface area contributed by atoms with Crippen molar-refractivity contribution < 1.29 is 9.59 Å². The molecule has 0 radical (unpaired) electrons. The Labute approximate surface area is 122 Å². The van der Waals surface area contributed by atoms with Crippen LogP contribution < -0.4 is 5.32 Å². The van der Waals surface area contributed by atoms with Gasteiger partial charge in [0.25, 0.3) is 11.1 Å². The van der Waals surface area contributed by atoms with E-state index in [1.54, 1.807) is 6.08 Å². The molecule has 2 rings (SSSR count). The number of hydrogen-bond acceptors (Lipinski definition) is 3. The molecular formula is C16H15NO2S. The summed E-state index contributed by atoms with van der Waals surface area (Å²) in [7, 11) is 0. The molecule has 0 saturated carbocycles. The van der Waals surface area contributed by atoms with Crippen LogP contribution in [0, 0.1) is 0 Å². The van der Waals surface area contributed by atoms with Crippen molar-refractivity contribution in [3.8, 4) is 0 Å². The SMILES string of the molecule is C=C/C(=C\C=C/C)C1=CC=C(/C=C2\SC(=O)NC2=O)C1. The molecule has 1 heterocycles. The van der Waals surface area contributed by atoms with Crippen LogP contribution in [0.3, 0.4) is 0 Å². The Hall–Kier alpha value is -2.07. The monoisotopic (exact) mass is 285 g/mol. The largest absolute Gasteiger partial charge is 0.290 e. The minimum Gasteiger partial charge on any atom is -0.282 e. The van der Waals surface area contributed by atoms with Crippen molar-refractivity contribution in [3.63, 3.8) is 0 Å². The van der Waals surface area contributed by atoms with E-state index in [0.717, 1.165) is 34.9 Å². The zero-order chi connectivity index (χ0) is 14.5. The number of thioether (sulfide) groups is 1. The lowest BCUT2D eigenvalue weighted by atomic mass is 10.0. The van der Waals surface area contributed by atoms with Gasteiger partial charge in [-0.1, -0.05) is 43.0 Å². The molecule has 3 nitrogen and oxygen atoms in total. The second-order valence-corrected chi connectivity index (χ2v) is 5.33. The van der Waals surface area contributed by atoms with Crippen LogP contribution in [0.4, 0.5) is 4.79 Å². The molecule has 2 aliphatic rings. The Kier molecular flexibility index (Phi) is 4.58. The summed E-state index contributed by atoms with van der Waals surface area (Å²) >= 11 is 0.941. The number of allylic oxidation sites excluding steroid dienone is 10. The van der Waals surface area contributed by atoms with Crippen LogP contribution in [0.15, 0.2) is 70.7 Å². The maximum atomic E-state index is 11.5. The summed E-state index contributed by atoms with van der Waals surface area (Å²) < 4.78 is 0. The van der Waals surface area contributed by atoms with Crippen molar-refractivity contribution in [2.75, 3.05) is 0 Å². The fraction of sp³-hybridized carbons (Fsp3) is 0.125. The molecule has 0 spiro atoms. The summed E-state index contributed by atoms with van der Waals surface area (Å²) in [6.45, 7) is 5.77. The molecular weight excluding hydrogens is 270 g/mol. The summed E-state index contributed by atoms with van der Waals surface area (Å²) in [6, 6.07) is 0. The molecule has 102 valence electrons. The second kappa shape index (κ2) is 6.39. The number of amides is 2. The average molecular weight is 285 g/mol. The van der Waals surface area contributed by atoms with Crippen LogP contribution in [0.5, 0.6) is 0 Å². The Morgan fingerprint density at radius 3 is 2.80 bits per heavy atom. The number of carbonyl (C=O) groups excluding carboxylic acids is 2. The Morgan fingerprint density at radius 2 is 2.20 bits per heavy atom. The van der Waals surface area contributed by atoms with Gasteiger partial charge in [0.15, 0.2) is 0 Å². The molecule has 20 heavy (non-hydrogen) atoms. The summed E-state index contributed by atoms with van der Waals surface area (Å²) in [4.78, 5) is 23.0. The highest BCUT2D eigenvalue weighted by Crippen LogP contribution is 2.31. The first-order valence-corrected chi connectivity index (χ1v) is 7.06. The molecule has 0 unspecified atom stereocenters. The van der Waals surface area contributed by atoms with E-state index in [-0.39, 0.29) is 11.1 Å². The third-order valence-corrected chi connectivity index (χ3v) is 3.72. The van der Waals surface area contributed by atoms with Gasteiger partial charge in [-0.15, -0.1) is 0 Å². The van der Waals surface area contributed by atoms with Crippen molar-refractivity contribution >= 4 is 22.9 Å². The predicted octanol–water partition coefficient (Wildman–Crippen LogP) is 3.80. The smallest absolute Gasteiger partial charge is 0.282 e. The van der Waals surface area contributed by atoms with Crippen molar-refractivity contribution in [2.24, 2.45) is 0 Å². The third-order valence-electron chi connectivity index (χ3n) is 2.91. The lowest BCUT2D eigenvalue weighted by molar-refractivity contribution is -0.115. The van der Waals surface area contributed by atoms with Crippen LogP contribution >= 0.6 is 11.8 Å². The van der Waals surface area contributed by atoms with Gasteiger partial charge in [-0.25, -0.2) is 0 Å². The molecule has 1 fully saturated rings. The lowest BCUT2D eigenvalue weighted by Gasteiger charge is -2.03. The molecule has 1 N–H and O–H groups in total. The van der Waals surface area contributed by atoms with E-state index in [1.807, 2.05) is 43.4 Å². The topological polar surface area (TPSA) is 46.2 Å². The zero-order valence-electron chi connectivity index (χ0n) is 11.2. The van der Waals surface area contributed by atoms with Crippen molar-refractivity contribution in [2.45, 2.75) is 13.3 Å². The predicted molar refractivity (Wildman–Crippen MR) is 83.1 cm³/mol. The quantitative estimate of drug-likeness (QED) is 0.631. The first kappa shape index (κ1) is 14.3. The zero-order valence-corrected chi connectivity index (χ0v) is 12.0. The molecule has 0 bridgehead atoms. The van der Waals surface area contributed by atoms with Crippen LogP contribution in [0.1, 0.15) is 13.3 Å².